The van der Waals surface area contributed by atoms with Crippen molar-refractivity contribution in [2.45, 2.75) is 20.8 Å². The topological polar surface area (TPSA) is 49.7 Å². The van der Waals surface area contributed by atoms with Crippen molar-refractivity contribution in [3.05, 3.63) is 34.9 Å². The van der Waals surface area contributed by atoms with Crippen LogP contribution in [0.2, 0.25) is 0 Å². The van der Waals surface area contributed by atoms with Crippen molar-refractivity contribution in [3.8, 4) is 0 Å². The number of hydrogen-bond donors (Lipinski definition) is 0. The van der Waals surface area contributed by atoms with Gasteiger partial charge in [-0.15, -0.1) is 0 Å². The Morgan fingerprint density at radius 1 is 1.28 bits per heavy atom. The van der Waals surface area contributed by atoms with Gasteiger partial charge in [0.2, 0.25) is 0 Å². The first-order valence-electron chi connectivity index (χ1n) is 5.86. The van der Waals surface area contributed by atoms with E-state index in [9.17, 15) is 9.59 Å². The van der Waals surface area contributed by atoms with Crippen molar-refractivity contribution < 1.29 is 9.59 Å². The maximum atomic E-state index is 12.4. The summed E-state index contributed by atoms with van der Waals surface area (Å²) in [6.45, 7) is 5.58. The maximum Gasteiger partial charge on any atom is 0.259 e. The third-order valence-electron chi connectivity index (χ3n) is 3.20. The molecular weight excluding hydrogens is 228 g/mol. The van der Waals surface area contributed by atoms with E-state index in [4.69, 9.17) is 0 Å². The van der Waals surface area contributed by atoms with Crippen LogP contribution in [0.4, 0.5) is 0 Å². The van der Waals surface area contributed by atoms with E-state index in [1.54, 1.807) is 20.0 Å². The summed E-state index contributed by atoms with van der Waals surface area (Å²) in [4.78, 5) is 24.3. The van der Waals surface area contributed by atoms with E-state index >= 15 is 0 Å². The Balaban J connectivity index is 2.38. The summed E-state index contributed by atoms with van der Waals surface area (Å²) in [6.07, 6.45) is 0. The first-order valence-corrected chi connectivity index (χ1v) is 5.86. The molecule has 0 saturated carbocycles. The molecule has 1 aliphatic rings. The Morgan fingerprint density at radius 2 is 1.94 bits per heavy atom. The smallest absolute Gasteiger partial charge is 0.259 e. The van der Waals surface area contributed by atoms with Crippen LogP contribution in [0.15, 0.2) is 23.3 Å². The summed E-state index contributed by atoms with van der Waals surface area (Å²) in [5.41, 5.74) is 3.16. The van der Waals surface area contributed by atoms with Gasteiger partial charge in [0.05, 0.1) is 5.71 Å². The van der Waals surface area contributed by atoms with Crippen LogP contribution >= 0.6 is 0 Å². The van der Waals surface area contributed by atoms with Crippen molar-refractivity contribution in [1.82, 2.24) is 5.01 Å². The molecule has 18 heavy (non-hydrogen) atoms. The Labute approximate surface area is 106 Å². The van der Waals surface area contributed by atoms with Crippen molar-refractivity contribution in [2.75, 3.05) is 7.05 Å². The highest BCUT2D eigenvalue weighted by Gasteiger charge is 2.37. The number of hydrazone groups is 1. The number of rotatable bonds is 2. The minimum Gasteiger partial charge on any atom is -0.293 e. The third kappa shape index (κ3) is 1.94. The third-order valence-corrected chi connectivity index (χ3v) is 3.20. The molecular formula is C14H16N2O2. The first-order chi connectivity index (χ1) is 8.41. The molecule has 0 aromatic heterocycles. The van der Waals surface area contributed by atoms with E-state index in [0.717, 1.165) is 11.1 Å². The molecule has 0 radical (unpaired) electrons. The summed E-state index contributed by atoms with van der Waals surface area (Å²) in [7, 11) is 1.57. The predicted octanol–water partition coefficient (Wildman–Crippen LogP) is 1.95. The standard InChI is InChI=1S/C14H16N2O2/c1-8-5-6-11(9(2)7-8)13(17)12-10(3)15-16(4)14(12)18/h5-7,12H,1-4H3. The van der Waals surface area contributed by atoms with E-state index in [-0.39, 0.29) is 11.7 Å². The molecule has 0 saturated heterocycles. The molecule has 2 rings (SSSR count). The van der Waals surface area contributed by atoms with Gasteiger partial charge < -0.3 is 0 Å². The summed E-state index contributed by atoms with van der Waals surface area (Å²) < 4.78 is 0. The van der Waals surface area contributed by atoms with E-state index in [1.165, 1.54) is 5.01 Å². The maximum absolute atomic E-state index is 12.4. The Kier molecular flexibility index (Phi) is 3.03. The van der Waals surface area contributed by atoms with Crippen LogP contribution in [-0.4, -0.2) is 29.5 Å². The van der Waals surface area contributed by atoms with Gasteiger partial charge in [-0.25, -0.2) is 5.01 Å². The number of carbonyl (C=O) groups is 2. The zero-order valence-electron chi connectivity index (χ0n) is 11.0. The van der Waals surface area contributed by atoms with Gasteiger partial charge in [-0.1, -0.05) is 23.8 Å². The Bertz CT molecular complexity index is 561. The number of hydrogen-bond acceptors (Lipinski definition) is 3. The molecule has 0 fully saturated rings. The molecule has 1 heterocycles. The van der Waals surface area contributed by atoms with E-state index in [0.29, 0.717) is 11.3 Å². The molecule has 1 amide bonds. The highest BCUT2D eigenvalue weighted by molar-refractivity contribution is 6.26. The second-order valence-electron chi connectivity index (χ2n) is 4.72. The molecule has 1 aromatic carbocycles. The average molecular weight is 244 g/mol. The van der Waals surface area contributed by atoms with Gasteiger partial charge in [0.25, 0.3) is 5.91 Å². The van der Waals surface area contributed by atoms with Crippen LogP contribution in [0.1, 0.15) is 28.4 Å². The minimum absolute atomic E-state index is 0.164. The number of amides is 1. The lowest BCUT2D eigenvalue weighted by Crippen LogP contribution is -2.31. The van der Waals surface area contributed by atoms with Gasteiger partial charge in [0.15, 0.2) is 5.78 Å². The van der Waals surface area contributed by atoms with Crippen LogP contribution in [0, 0.1) is 19.8 Å². The lowest BCUT2D eigenvalue weighted by Gasteiger charge is -2.11. The van der Waals surface area contributed by atoms with Crippen molar-refractivity contribution in [1.29, 1.82) is 0 Å². The highest BCUT2D eigenvalue weighted by atomic mass is 16.2. The molecule has 1 aliphatic heterocycles. The van der Waals surface area contributed by atoms with E-state index in [2.05, 4.69) is 5.10 Å². The van der Waals surface area contributed by atoms with Crippen LogP contribution < -0.4 is 0 Å². The monoisotopic (exact) mass is 244 g/mol. The van der Waals surface area contributed by atoms with Gasteiger partial charge in [0, 0.05) is 12.6 Å². The van der Waals surface area contributed by atoms with Crippen molar-refractivity contribution >= 4 is 17.4 Å². The number of benzene rings is 1. The fraction of sp³-hybridized carbons (Fsp3) is 0.357. The highest BCUT2D eigenvalue weighted by Crippen LogP contribution is 2.21. The second kappa shape index (κ2) is 4.37. The number of aryl methyl sites for hydroxylation is 2. The molecule has 1 atom stereocenters. The SMILES string of the molecule is CC1=NN(C)C(=O)C1C(=O)c1ccc(C)cc1C. The fourth-order valence-electron chi connectivity index (χ4n) is 2.26. The molecule has 0 spiro atoms. The summed E-state index contributed by atoms with van der Waals surface area (Å²) in [5.74, 6) is -1.17. The van der Waals surface area contributed by atoms with Gasteiger partial charge in [-0.05, 0) is 26.3 Å². The lowest BCUT2D eigenvalue weighted by molar-refractivity contribution is -0.129. The van der Waals surface area contributed by atoms with Crippen molar-refractivity contribution in [2.24, 2.45) is 11.0 Å². The molecule has 4 heteroatoms. The second-order valence-corrected chi connectivity index (χ2v) is 4.72. The largest absolute Gasteiger partial charge is 0.293 e. The number of Topliss-reactive ketones (excluding diaryl/α,β-unsaturated/α-hetero) is 1. The Hall–Kier alpha value is -1.97. The van der Waals surface area contributed by atoms with Gasteiger partial charge in [-0.2, -0.15) is 5.10 Å². The number of ketones is 1. The molecule has 94 valence electrons. The summed E-state index contributed by atoms with van der Waals surface area (Å²) in [6, 6.07) is 5.62. The summed E-state index contributed by atoms with van der Waals surface area (Å²) in [5, 5.41) is 5.26. The average Bonchev–Trinajstić information content (AvgIpc) is 2.52. The van der Waals surface area contributed by atoms with Crippen LogP contribution in [0.5, 0.6) is 0 Å². The molecule has 1 aromatic rings. The first kappa shape index (κ1) is 12.5. The van der Waals surface area contributed by atoms with Gasteiger partial charge in [0.1, 0.15) is 5.92 Å². The van der Waals surface area contributed by atoms with E-state index < -0.39 is 5.92 Å². The molecule has 0 aliphatic carbocycles. The molecule has 1 unspecified atom stereocenters. The minimum atomic E-state index is -0.753. The molecule has 4 nitrogen and oxygen atoms in total. The van der Waals surface area contributed by atoms with Crippen LogP contribution in [0.25, 0.3) is 0 Å². The van der Waals surface area contributed by atoms with Gasteiger partial charge >= 0.3 is 0 Å². The van der Waals surface area contributed by atoms with Crippen LogP contribution in [0.3, 0.4) is 0 Å². The predicted molar refractivity (Wildman–Crippen MR) is 69.6 cm³/mol. The van der Waals surface area contributed by atoms with Crippen LogP contribution in [-0.2, 0) is 4.79 Å². The molecule has 0 N–H and O–H groups in total. The molecule has 0 bridgehead atoms. The quantitative estimate of drug-likeness (QED) is 0.589. The normalized spacial score (nSPS) is 19.1. The Morgan fingerprint density at radius 3 is 2.44 bits per heavy atom. The lowest BCUT2D eigenvalue weighted by atomic mass is 9.91. The zero-order chi connectivity index (χ0) is 13.4. The summed E-state index contributed by atoms with van der Waals surface area (Å²) >= 11 is 0. The zero-order valence-corrected chi connectivity index (χ0v) is 11.0. The van der Waals surface area contributed by atoms with Gasteiger partial charge in [-0.3, -0.25) is 9.59 Å². The van der Waals surface area contributed by atoms with Crippen molar-refractivity contribution in [3.63, 3.8) is 0 Å². The fourth-order valence-corrected chi connectivity index (χ4v) is 2.26. The van der Waals surface area contributed by atoms with E-state index in [1.807, 2.05) is 26.0 Å². The number of carbonyl (C=O) groups excluding carboxylic acids is 2. The number of nitrogens with zero attached hydrogens (tertiary/aromatic N) is 2.